The highest BCUT2D eigenvalue weighted by Crippen LogP contribution is 2.31. The Morgan fingerprint density at radius 3 is 2.51 bits per heavy atom. The average molecular weight is 576 g/mol. The minimum absolute atomic E-state index is 0.0181. The molecule has 3 N–H and O–H groups in total. The van der Waals surface area contributed by atoms with Crippen molar-refractivity contribution in [3.63, 3.8) is 0 Å². The van der Waals surface area contributed by atoms with Crippen LogP contribution < -0.4 is 5.73 Å². The predicted molar refractivity (Wildman–Crippen MR) is 152 cm³/mol. The van der Waals surface area contributed by atoms with Crippen LogP contribution in [0.1, 0.15) is 48.0 Å². The van der Waals surface area contributed by atoms with E-state index in [9.17, 15) is 9.59 Å². The summed E-state index contributed by atoms with van der Waals surface area (Å²) in [6.07, 6.45) is 5.42. The molecule has 210 valence electrons. The molecule has 3 fully saturated rings. The van der Waals surface area contributed by atoms with Crippen LogP contribution in [0.5, 0.6) is 0 Å². The van der Waals surface area contributed by atoms with Crippen molar-refractivity contribution in [2.75, 3.05) is 26.2 Å². The van der Waals surface area contributed by atoms with Crippen LogP contribution in [-0.4, -0.2) is 88.4 Å². The molecule has 4 atom stereocenters. The molecule has 39 heavy (non-hydrogen) atoms. The van der Waals surface area contributed by atoms with Gasteiger partial charge in [0.15, 0.2) is 0 Å². The first-order chi connectivity index (χ1) is 18.8. The first-order valence-corrected chi connectivity index (χ1v) is 14.3. The molecule has 2 aromatic carbocycles. The van der Waals surface area contributed by atoms with E-state index in [1.807, 2.05) is 11.0 Å². The highest BCUT2D eigenvalue weighted by molar-refractivity contribution is 6.42. The van der Waals surface area contributed by atoms with Gasteiger partial charge < -0.3 is 20.6 Å². The minimum Gasteiger partial charge on any atom is -0.483 e. The first kappa shape index (κ1) is 29.3. The van der Waals surface area contributed by atoms with E-state index in [1.54, 1.807) is 18.2 Å². The summed E-state index contributed by atoms with van der Waals surface area (Å²) in [5.41, 5.74) is 8.22. The summed E-state index contributed by atoms with van der Waals surface area (Å²) in [6.45, 7) is 2.46. The van der Waals surface area contributed by atoms with Gasteiger partial charge in [-0.05, 0) is 62.3 Å². The summed E-state index contributed by atoms with van der Waals surface area (Å²) in [5, 5.41) is 7.69. The molecule has 5 rings (SSSR count). The average Bonchev–Trinajstić information content (AvgIpc) is 3.28. The number of halogens is 2. The fourth-order valence-corrected chi connectivity index (χ4v) is 6.45. The number of fused-ring (bicyclic) bond motifs is 1. The second kappa shape index (κ2) is 13.6. The number of rotatable bonds is 5. The number of carboxylic acid groups (broad SMARTS) is 1. The molecular weight excluding hydrogens is 539 g/mol. The van der Waals surface area contributed by atoms with Crippen molar-refractivity contribution in [2.24, 2.45) is 5.73 Å². The van der Waals surface area contributed by atoms with Gasteiger partial charge >= 0.3 is 0 Å². The van der Waals surface area contributed by atoms with Crippen LogP contribution >= 0.6 is 23.2 Å². The highest BCUT2D eigenvalue weighted by atomic mass is 35.5. The molecule has 0 saturated carbocycles. The van der Waals surface area contributed by atoms with Crippen molar-refractivity contribution >= 4 is 41.5 Å². The lowest BCUT2D eigenvalue weighted by atomic mass is 10.00. The lowest BCUT2D eigenvalue weighted by Crippen LogP contribution is -2.54. The number of hydrogen-bond donors (Lipinski definition) is 2. The molecule has 10 heteroatoms. The van der Waals surface area contributed by atoms with Crippen molar-refractivity contribution in [3.05, 3.63) is 69.7 Å². The van der Waals surface area contributed by atoms with Crippen molar-refractivity contribution < 1.29 is 19.5 Å². The maximum Gasteiger partial charge on any atom is 0.290 e. The Bertz CT molecular complexity index is 1150. The monoisotopic (exact) mass is 574 g/mol. The summed E-state index contributed by atoms with van der Waals surface area (Å²) in [6, 6.07) is 15.7. The number of hydrogen-bond acceptors (Lipinski definition) is 5. The maximum atomic E-state index is 13.8. The quantitative estimate of drug-likeness (QED) is 0.524. The number of nitrogens with zero attached hydrogens (tertiary/aromatic N) is 3. The second-order valence-corrected chi connectivity index (χ2v) is 11.3. The van der Waals surface area contributed by atoms with Crippen LogP contribution in [0.2, 0.25) is 10.0 Å². The molecule has 1 unspecified atom stereocenters. The molecule has 3 aliphatic rings. The van der Waals surface area contributed by atoms with Gasteiger partial charge in [-0.2, -0.15) is 0 Å². The van der Waals surface area contributed by atoms with E-state index in [0.29, 0.717) is 41.2 Å². The number of amides is 2. The molecule has 2 aromatic rings. The Balaban J connectivity index is 0.00000112. The van der Waals surface area contributed by atoms with Crippen LogP contribution in [0.3, 0.4) is 0 Å². The summed E-state index contributed by atoms with van der Waals surface area (Å²) >= 11 is 12.2. The Labute approximate surface area is 239 Å². The molecule has 0 aromatic heterocycles. The summed E-state index contributed by atoms with van der Waals surface area (Å²) in [4.78, 5) is 41.7. The van der Waals surface area contributed by atoms with Crippen LogP contribution in [0.25, 0.3) is 0 Å². The number of nitrogens with two attached hydrogens (primary N) is 1. The summed E-state index contributed by atoms with van der Waals surface area (Å²) in [5.74, 6) is 0.116. The minimum atomic E-state index is -0.250. The predicted octanol–water partition coefficient (Wildman–Crippen LogP) is 3.93. The van der Waals surface area contributed by atoms with Crippen LogP contribution in [0.4, 0.5) is 0 Å². The van der Waals surface area contributed by atoms with Gasteiger partial charge in [-0.3, -0.25) is 19.3 Å². The normalized spacial score (nSPS) is 25.4. The SMILES string of the molecule is N[C@@H]1C[C@H]2C(=O)N([C@@H]3CCCN(C(=O)c4ccc(Cl)c(Cl)c4)C3)CCC(CCc3ccccc3)N2C1.O=CO. The molecule has 2 amide bonds. The Morgan fingerprint density at radius 2 is 1.79 bits per heavy atom. The molecule has 3 saturated heterocycles. The first-order valence-electron chi connectivity index (χ1n) is 13.5. The van der Waals surface area contributed by atoms with Gasteiger partial charge in [0.25, 0.3) is 12.4 Å². The highest BCUT2D eigenvalue weighted by Gasteiger charge is 2.45. The molecule has 0 bridgehead atoms. The van der Waals surface area contributed by atoms with E-state index in [4.69, 9.17) is 38.8 Å². The van der Waals surface area contributed by atoms with E-state index in [-0.39, 0.29) is 36.4 Å². The number of aryl methyl sites for hydroxylation is 1. The van der Waals surface area contributed by atoms with Crippen molar-refractivity contribution in [1.29, 1.82) is 0 Å². The van der Waals surface area contributed by atoms with E-state index < -0.39 is 0 Å². The van der Waals surface area contributed by atoms with Gasteiger partial charge in [0.05, 0.1) is 16.1 Å². The molecule has 3 aliphatic heterocycles. The maximum absolute atomic E-state index is 13.8. The lowest BCUT2D eigenvalue weighted by molar-refractivity contribution is -0.138. The van der Waals surface area contributed by atoms with E-state index in [0.717, 1.165) is 45.2 Å². The zero-order valence-corrected chi connectivity index (χ0v) is 23.4. The zero-order valence-electron chi connectivity index (χ0n) is 21.9. The van der Waals surface area contributed by atoms with Gasteiger partial charge in [-0.15, -0.1) is 0 Å². The van der Waals surface area contributed by atoms with Crippen LogP contribution in [-0.2, 0) is 16.0 Å². The molecule has 0 radical (unpaired) electrons. The topological polar surface area (TPSA) is 107 Å². The van der Waals surface area contributed by atoms with Crippen molar-refractivity contribution in [1.82, 2.24) is 14.7 Å². The largest absolute Gasteiger partial charge is 0.483 e. The van der Waals surface area contributed by atoms with Crippen molar-refractivity contribution in [3.8, 4) is 0 Å². The third kappa shape index (κ3) is 7.11. The number of carbonyl (C=O) groups excluding carboxylic acids is 2. The van der Waals surface area contributed by atoms with E-state index in [1.165, 1.54) is 5.56 Å². The standard InChI is InChI=1S/C28H34Cl2N4O2.CH2O2/c29-24-11-9-20(15-25(24)30)27(35)32-13-4-7-23(18-32)33-14-12-22(10-8-19-5-2-1-3-6-19)34-17-21(31)16-26(34)28(33)36;2-1-3/h1-3,5-6,9,11,15,21-23,26H,4,7-8,10,12-14,16-18,31H2;1H,(H,2,3)/t21-,22?,23-,26+;/m1./s1. The second-order valence-electron chi connectivity index (χ2n) is 10.5. The number of carbonyl (C=O) groups is 3. The Kier molecular flexibility index (Phi) is 10.2. The zero-order chi connectivity index (χ0) is 27.9. The number of benzene rings is 2. The summed E-state index contributed by atoms with van der Waals surface area (Å²) < 4.78 is 0. The van der Waals surface area contributed by atoms with Gasteiger partial charge in [-0.1, -0.05) is 53.5 Å². The third-order valence-corrected chi connectivity index (χ3v) is 8.75. The van der Waals surface area contributed by atoms with Gasteiger partial charge in [0.2, 0.25) is 5.91 Å². The van der Waals surface area contributed by atoms with Gasteiger partial charge in [-0.25, -0.2) is 0 Å². The van der Waals surface area contributed by atoms with E-state index >= 15 is 0 Å². The number of likely N-dealkylation sites (tertiary alicyclic amines) is 1. The smallest absolute Gasteiger partial charge is 0.290 e. The molecule has 0 spiro atoms. The van der Waals surface area contributed by atoms with Gasteiger partial charge in [0.1, 0.15) is 0 Å². The van der Waals surface area contributed by atoms with Gasteiger partial charge in [0, 0.05) is 49.9 Å². The third-order valence-electron chi connectivity index (χ3n) is 8.01. The Hall–Kier alpha value is -2.65. The van der Waals surface area contributed by atoms with E-state index in [2.05, 4.69) is 34.1 Å². The molecular formula is C29H36Cl2N4O4. The lowest BCUT2D eigenvalue weighted by Gasteiger charge is -2.40. The fraction of sp³-hybridized carbons (Fsp3) is 0.483. The fourth-order valence-electron chi connectivity index (χ4n) is 6.15. The molecule has 8 nitrogen and oxygen atoms in total. The molecule has 3 heterocycles. The molecule has 0 aliphatic carbocycles. The Morgan fingerprint density at radius 1 is 1.05 bits per heavy atom. The van der Waals surface area contributed by atoms with Crippen molar-refractivity contribution in [2.45, 2.75) is 62.7 Å². The van der Waals surface area contributed by atoms with Crippen LogP contribution in [0, 0.1) is 0 Å². The summed E-state index contributed by atoms with van der Waals surface area (Å²) in [7, 11) is 0. The van der Waals surface area contributed by atoms with Crippen LogP contribution in [0.15, 0.2) is 48.5 Å². The number of piperidine rings is 1.